The molecule has 0 bridgehead atoms. The number of carbonyl (C=O) groups is 1. The molecule has 0 aliphatic rings. The fourth-order valence-corrected chi connectivity index (χ4v) is 3.07. The minimum Gasteiger partial charge on any atom is -0.543 e. The first-order valence-corrected chi connectivity index (χ1v) is 8.65. The number of carboxylic acid groups (broad SMARTS) is 1. The van der Waals surface area contributed by atoms with E-state index in [1.165, 1.54) is 36.0 Å². The molecule has 0 atom stereocenters. The van der Waals surface area contributed by atoms with E-state index in [0.29, 0.717) is 22.4 Å². The number of sulfonamides is 1. The topological polar surface area (TPSA) is 131 Å². The van der Waals surface area contributed by atoms with E-state index < -0.39 is 16.0 Å². The quantitative estimate of drug-likeness (QED) is 0.707. The molecule has 0 spiro atoms. The number of aromatic nitrogens is 3. The van der Waals surface area contributed by atoms with Crippen molar-refractivity contribution in [3.05, 3.63) is 54.5 Å². The SMILES string of the molecule is Cn1nc(-c2ccncc2)c(-c2ccc(S(N)(=O)=O)cc2)c1C(=O)[O-]. The Morgan fingerprint density at radius 2 is 1.68 bits per heavy atom. The number of nitrogens with zero attached hydrogens (tertiary/aromatic N) is 3. The second-order valence-corrected chi connectivity index (χ2v) is 6.85. The summed E-state index contributed by atoms with van der Waals surface area (Å²) in [5, 5.41) is 21.0. The fourth-order valence-electron chi connectivity index (χ4n) is 2.55. The number of hydrogen-bond acceptors (Lipinski definition) is 6. The summed E-state index contributed by atoms with van der Waals surface area (Å²) < 4.78 is 24.0. The van der Waals surface area contributed by atoms with Crippen LogP contribution >= 0.6 is 0 Å². The normalized spacial score (nSPS) is 11.4. The third-order valence-corrected chi connectivity index (χ3v) is 4.60. The van der Waals surface area contributed by atoms with Crippen LogP contribution in [0.5, 0.6) is 0 Å². The summed E-state index contributed by atoms with van der Waals surface area (Å²) in [5.74, 6) is -1.39. The van der Waals surface area contributed by atoms with Crippen LogP contribution in [0.4, 0.5) is 0 Å². The van der Waals surface area contributed by atoms with E-state index in [0.717, 1.165) is 0 Å². The van der Waals surface area contributed by atoms with Gasteiger partial charge in [0.1, 0.15) is 5.69 Å². The van der Waals surface area contributed by atoms with Gasteiger partial charge < -0.3 is 9.90 Å². The van der Waals surface area contributed by atoms with Crippen molar-refractivity contribution < 1.29 is 18.3 Å². The molecular formula is C16H13N4O4S-. The Labute approximate surface area is 143 Å². The monoisotopic (exact) mass is 357 g/mol. The molecule has 2 N–H and O–H groups in total. The molecule has 0 saturated carbocycles. The Bertz CT molecular complexity index is 1040. The number of carboxylic acids is 1. The van der Waals surface area contributed by atoms with Crippen LogP contribution in [0, 0.1) is 0 Å². The number of benzene rings is 1. The van der Waals surface area contributed by atoms with E-state index in [-0.39, 0.29) is 10.6 Å². The summed E-state index contributed by atoms with van der Waals surface area (Å²) in [6.07, 6.45) is 3.13. The molecule has 2 aromatic heterocycles. The van der Waals surface area contributed by atoms with Crippen molar-refractivity contribution in [1.29, 1.82) is 0 Å². The summed E-state index contributed by atoms with van der Waals surface area (Å²) in [7, 11) is -2.35. The number of nitrogens with two attached hydrogens (primary N) is 1. The van der Waals surface area contributed by atoms with Crippen LogP contribution < -0.4 is 10.2 Å². The highest BCUT2D eigenvalue weighted by Gasteiger charge is 2.20. The summed E-state index contributed by atoms with van der Waals surface area (Å²) in [5.41, 5.74) is 1.78. The number of aryl methyl sites for hydroxylation is 1. The lowest BCUT2D eigenvalue weighted by atomic mass is 9.99. The number of primary sulfonamides is 1. The third-order valence-electron chi connectivity index (χ3n) is 3.67. The van der Waals surface area contributed by atoms with Gasteiger partial charge >= 0.3 is 0 Å². The minimum atomic E-state index is -3.84. The molecule has 0 aliphatic carbocycles. The molecular weight excluding hydrogens is 344 g/mol. The lowest BCUT2D eigenvalue weighted by molar-refractivity contribution is -0.255. The van der Waals surface area contributed by atoms with Gasteiger partial charge in [0.2, 0.25) is 10.0 Å². The molecule has 2 heterocycles. The standard InChI is InChI=1S/C16H14N4O4S/c1-20-15(16(21)22)13(14(19-20)11-6-8-18-9-7-11)10-2-4-12(5-3-10)25(17,23)24/h2-9H,1H3,(H,21,22)(H2,17,23,24)/p-1. The average Bonchev–Trinajstić information content (AvgIpc) is 2.92. The lowest BCUT2D eigenvalue weighted by Gasteiger charge is -2.09. The van der Waals surface area contributed by atoms with Gasteiger partial charge in [0.15, 0.2) is 0 Å². The van der Waals surface area contributed by atoms with Crippen molar-refractivity contribution in [3.8, 4) is 22.4 Å². The number of pyridine rings is 1. The number of hydrogen-bond donors (Lipinski definition) is 1. The van der Waals surface area contributed by atoms with Gasteiger partial charge in [0, 0.05) is 30.6 Å². The first-order chi connectivity index (χ1) is 11.8. The van der Waals surface area contributed by atoms with Crippen LogP contribution in [0.3, 0.4) is 0 Å². The van der Waals surface area contributed by atoms with Crippen molar-refractivity contribution in [2.45, 2.75) is 4.90 Å². The van der Waals surface area contributed by atoms with Crippen LogP contribution in [0.2, 0.25) is 0 Å². The van der Waals surface area contributed by atoms with Gasteiger partial charge in [-0.15, -0.1) is 0 Å². The largest absolute Gasteiger partial charge is 0.543 e. The summed E-state index contributed by atoms with van der Waals surface area (Å²) in [4.78, 5) is 15.5. The molecule has 0 amide bonds. The number of carbonyl (C=O) groups excluding carboxylic acids is 1. The Balaban J connectivity index is 2.25. The Morgan fingerprint density at radius 1 is 1.08 bits per heavy atom. The van der Waals surface area contributed by atoms with E-state index in [1.807, 2.05) is 0 Å². The number of rotatable bonds is 4. The second kappa shape index (κ2) is 6.11. The Morgan fingerprint density at radius 3 is 2.20 bits per heavy atom. The average molecular weight is 357 g/mol. The maximum absolute atomic E-state index is 11.6. The van der Waals surface area contributed by atoms with Gasteiger partial charge in [-0.2, -0.15) is 5.10 Å². The summed E-state index contributed by atoms with van der Waals surface area (Å²) >= 11 is 0. The van der Waals surface area contributed by atoms with E-state index in [1.54, 1.807) is 24.5 Å². The van der Waals surface area contributed by atoms with Crippen molar-refractivity contribution in [3.63, 3.8) is 0 Å². The zero-order valence-corrected chi connectivity index (χ0v) is 13.9. The molecule has 3 aromatic rings. The van der Waals surface area contributed by atoms with Crippen LogP contribution in [-0.4, -0.2) is 29.2 Å². The maximum atomic E-state index is 11.6. The predicted molar refractivity (Wildman–Crippen MR) is 87.6 cm³/mol. The van der Waals surface area contributed by atoms with Gasteiger partial charge in [0.05, 0.1) is 16.6 Å². The molecule has 0 radical (unpaired) electrons. The van der Waals surface area contributed by atoms with Gasteiger partial charge in [-0.05, 0) is 29.8 Å². The Hall–Kier alpha value is -3.04. The van der Waals surface area contributed by atoms with E-state index in [4.69, 9.17) is 5.14 Å². The first-order valence-electron chi connectivity index (χ1n) is 7.11. The molecule has 8 nitrogen and oxygen atoms in total. The molecule has 0 unspecified atom stereocenters. The summed E-state index contributed by atoms with van der Waals surface area (Å²) in [6.45, 7) is 0. The molecule has 0 saturated heterocycles. The van der Waals surface area contributed by atoms with Crippen molar-refractivity contribution in [2.75, 3.05) is 0 Å². The maximum Gasteiger partial charge on any atom is 0.238 e. The number of aromatic carboxylic acids is 1. The van der Waals surface area contributed by atoms with E-state index in [2.05, 4.69) is 10.1 Å². The Kier molecular flexibility index (Phi) is 4.11. The lowest BCUT2D eigenvalue weighted by Crippen LogP contribution is -2.25. The van der Waals surface area contributed by atoms with Gasteiger partial charge in [-0.25, -0.2) is 13.6 Å². The first kappa shape index (κ1) is 16.8. The zero-order valence-electron chi connectivity index (χ0n) is 13.1. The van der Waals surface area contributed by atoms with E-state index in [9.17, 15) is 18.3 Å². The third kappa shape index (κ3) is 3.14. The molecule has 1 aromatic carbocycles. The smallest absolute Gasteiger partial charge is 0.238 e. The van der Waals surface area contributed by atoms with Gasteiger partial charge in [0.25, 0.3) is 0 Å². The highest BCUT2D eigenvalue weighted by atomic mass is 32.2. The van der Waals surface area contributed by atoms with E-state index >= 15 is 0 Å². The van der Waals surface area contributed by atoms with Crippen LogP contribution in [0.25, 0.3) is 22.4 Å². The van der Waals surface area contributed by atoms with Crippen LogP contribution in [0.1, 0.15) is 10.5 Å². The highest BCUT2D eigenvalue weighted by molar-refractivity contribution is 7.89. The zero-order chi connectivity index (χ0) is 18.2. The van der Waals surface area contributed by atoms with Crippen molar-refractivity contribution >= 4 is 16.0 Å². The van der Waals surface area contributed by atoms with Crippen LogP contribution in [0.15, 0.2) is 53.7 Å². The fraction of sp³-hybridized carbons (Fsp3) is 0.0625. The van der Waals surface area contributed by atoms with Gasteiger partial charge in [-0.3, -0.25) is 9.67 Å². The van der Waals surface area contributed by atoms with Gasteiger partial charge in [-0.1, -0.05) is 12.1 Å². The van der Waals surface area contributed by atoms with Crippen LogP contribution in [-0.2, 0) is 17.1 Å². The molecule has 128 valence electrons. The molecule has 25 heavy (non-hydrogen) atoms. The molecule has 0 fully saturated rings. The molecule has 9 heteroatoms. The highest BCUT2D eigenvalue weighted by Crippen LogP contribution is 2.34. The van der Waals surface area contributed by atoms with Crippen molar-refractivity contribution in [2.24, 2.45) is 12.2 Å². The second-order valence-electron chi connectivity index (χ2n) is 5.29. The molecule has 0 aliphatic heterocycles. The summed E-state index contributed by atoms with van der Waals surface area (Å²) in [6, 6.07) is 8.98. The molecule has 3 rings (SSSR count). The minimum absolute atomic E-state index is 0.0689. The van der Waals surface area contributed by atoms with Crippen molar-refractivity contribution in [1.82, 2.24) is 14.8 Å². The predicted octanol–water partition coefficient (Wildman–Crippen LogP) is 0.160.